The minimum Gasteiger partial charge on any atom is -0.478 e. The number of carbonyl (C=O) groups is 2. The van der Waals surface area contributed by atoms with E-state index in [1.165, 1.54) is 19.1 Å². The van der Waals surface area contributed by atoms with Crippen molar-refractivity contribution in [1.29, 1.82) is 0 Å². The van der Waals surface area contributed by atoms with Gasteiger partial charge in [-0.25, -0.2) is 9.19 Å². The maximum Gasteiger partial charge on any atom is 0.337 e. The number of allylic oxidation sites excluding steroid dienone is 1. The molecule has 1 aromatic rings. The minimum absolute atomic E-state index is 0.0596. The first-order valence-electron chi connectivity index (χ1n) is 5.36. The fourth-order valence-electron chi connectivity index (χ4n) is 1.32. The number of aromatic carboxylic acids is 1. The molecule has 0 bridgehead atoms. The molecular weight excluding hydrogens is 403 g/mol. The van der Waals surface area contributed by atoms with Crippen LogP contribution < -0.4 is 5.32 Å². The largest absolute Gasteiger partial charge is 0.478 e. The van der Waals surface area contributed by atoms with Gasteiger partial charge in [0.05, 0.1) is 16.3 Å². The number of nitrogens with zero attached hydrogens (tertiary/aromatic N) is 1. The van der Waals surface area contributed by atoms with E-state index in [9.17, 15) is 9.59 Å². The molecule has 0 unspecified atom stereocenters. The van der Waals surface area contributed by atoms with Crippen molar-refractivity contribution in [1.82, 2.24) is 0 Å². The van der Waals surface area contributed by atoms with Crippen molar-refractivity contribution in [3.63, 3.8) is 0 Å². The highest BCUT2D eigenvalue weighted by molar-refractivity contribution is 9.10. The standard InChI is InChI=1S/C12H9BrCl2N2O3S/c1-5(9(14)10(15)17-21)11(18)16-8-3-2-6(13)4-7(8)12(19)20/h2-4,21H,1H3,(H,16,18)(H,19,20)/b9-5-,17-10+. The number of hydrogen-bond donors (Lipinski definition) is 3. The van der Waals surface area contributed by atoms with E-state index in [4.69, 9.17) is 28.3 Å². The molecule has 0 saturated carbocycles. The highest BCUT2D eigenvalue weighted by atomic mass is 79.9. The number of carboxylic acid groups (broad SMARTS) is 1. The molecule has 1 aromatic carbocycles. The number of anilines is 1. The molecule has 0 saturated heterocycles. The summed E-state index contributed by atoms with van der Waals surface area (Å²) in [6.45, 7) is 1.43. The third-order valence-electron chi connectivity index (χ3n) is 2.40. The quantitative estimate of drug-likeness (QED) is 0.396. The smallest absolute Gasteiger partial charge is 0.337 e. The Bertz CT molecular complexity index is 662. The Labute approximate surface area is 144 Å². The van der Waals surface area contributed by atoms with Gasteiger partial charge in [-0.1, -0.05) is 39.1 Å². The Hall–Kier alpha value is -1.02. The number of halogens is 3. The van der Waals surface area contributed by atoms with E-state index in [-0.39, 0.29) is 27.0 Å². The summed E-state index contributed by atoms with van der Waals surface area (Å²) in [7, 11) is 0. The normalized spacial score (nSPS) is 12.7. The number of nitrogens with one attached hydrogen (secondary N) is 1. The predicted molar refractivity (Wildman–Crippen MR) is 90.6 cm³/mol. The van der Waals surface area contributed by atoms with Crippen LogP contribution in [0.1, 0.15) is 17.3 Å². The lowest BCUT2D eigenvalue weighted by Crippen LogP contribution is -2.17. The summed E-state index contributed by atoms with van der Waals surface area (Å²) in [5.74, 6) is -1.77. The molecule has 0 aliphatic carbocycles. The van der Waals surface area contributed by atoms with E-state index in [0.29, 0.717) is 4.47 Å². The Morgan fingerprint density at radius 1 is 1.38 bits per heavy atom. The van der Waals surface area contributed by atoms with Crippen LogP contribution in [0.15, 0.2) is 37.7 Å². The zero-order chi connectivity index (χ0) is 16.2. The average molecular weight is 412 g/mol. The second-order valence-corrected chi connectivity index (χ2v) is 5.63. The van der Waals surface area contributed by atoms with E-state index in [0.717, 1.165) is 0 Å². The number of benzene rings is 1. The second kappa shape index (κ2) is 7.84. The minimum atomic E-state index is -1.17. The highest BCUT2D eigenvalue weighted by Crippen LogP contribution is 2.23. The van der Waals surface area contributed by atoms with Gasteiger partial charge in [0, 0.05) is 10.0 Å². The summed E-state index contributed by atoms with van der Waals surface area (Å²) in [6.07, 6.45) is 0. The molecule has 1 rings (SSSR count). The van der Waals surface area contributed by atoms with E-state index < -0.39 is 11.9 Å². The van der Waals surface area contributed by atoms with Crippen molar-refractivity contribution >= 4 is 74.7 Å². The van der Waals surface area contributed by atoms with Crippen LogP contribution in [0.2, 0.25) is 0 Å². The fourth-order valence-corrected chi connectivity index (χ4v) is 2.11. The third-order valence-corrected chi connectivity index (χ3v) is 4.04. The van der Waals surface area contributed by atoms with Gasteiger partial charge in [-0.15, -0.1) is 0 Å². The summed E-state index contributed by atoms with van der Waals surface area (Å²) in [5.41, 5.74) is 0.160. The molecule has 0 fully saturated rings. The van der Waals surface area contributed by atoms with E-state index in [2.05, 4.69) is 38.5 Å². The zero-order valence-electron chi connectivity index (χ0n) is 10.5. The van der Waals surface area contributed by atoms with Gasteiger partial charge in [0.2, 0.25) is 0 Å². The number of thiol groups is 1. The van der Waals surface area contributed by atoms with Crippen LogP contribution >= 0.6 is 51.9 Å². The van der Waals surface area contributed by atoms with Gasteiger partial charge in [-0.2, -0.15) is 0 Å². The SMILES string of the molecule is C/C(C(=O)Nc1ccc(Br)cc1C(=O)O)=C(Cl)\C(Cl)=N/S. The monoisotopic (exact) mass is 410 g/mol. The van der Waals surface area contributed by atoms with Crippen molar-refractivity contribution in [2.24, 2.45) is 4.40 Å². The van der Waals surface area contributed by atoms with Crippen molar-refractivity contribution in [2.75, 3.05) is 5.32 Å². The van der Waals surface area contributed by atoms with E-state index in [1.807, 2.05) is 0 Å². The molecule has 5 nitrogen and oxygen atoms in total. The summed E-state index contributed by atoms with van der Waals surface area (Å²) in [4.78, 5) is 23.2. The molecule has 0 spiro atoms. The Morgan fingerprint density at radius 2 is 2.00 bits per heavy atom. The Kier molecular flexibility index (Phi) is 6.73. The number of hydrogen-bond acceptors (Lipinski definition) is 4. The topological polar surface area (TPSA) is 78.8 Å². The first-order chi connectivity index (χ1) is 9.77. The van der Waals surface area contributed by atoms with Crippen LogP contribution in [0, 0.1) is 0 Å². The molecule has 21 heavy (non-hydrogen) atoms. The van der Waals surface area contributed by atoms with Crippen LogP contribution in [0.4, 0.5) is 5.69 Å². The summed E-state index contributed by atoms with van der Waals surface area (Å²) >= 11 is 18.3. The second-order valence-electron chi connectivity index (χ2n) is 3.78. The molecule has 0 atom stereocenters. The zero-order valence-corrected chi connectivity index (χ0v) is 14.5. The number of carbonyl (C=O) groups excluding carboxylic acids is 1. The van der Waals surface area contributed by atoms with Crippen molar-refractivity contribution in [2.45, 2.75) is 6.92 Å². The van der Waals surface area contributed by atoms with Crippen molar-refractivity contribution < 1.29 is 14.7 Å². The molecular formula is C12H9BrCl2N2O3S. The summed E-state index contributed by atoms with van der Waals surface area (Å²) < 4.78 is 3.94. The lowest BCUT2D eigenvalue weighted by atomic mass is 10.1. The Balaban J connectivity index is 3.13. The van der Waals surface area contributed by atoms with Gasteiger partial charge in [0.1, 0.15) is 0 Å². The van der Waals surface area contributed by atoms with Gasteiger partial charge in [0.25, 0.3) is 5.91 Å². The summed E-state index contributed by atoms with van der Waals surface area (Å²) in [6, 6.07) is 4.44. The van der Waals surface area contributed by atoms with Gasteiger partial charge in [-0.05, 0) is 37.9 Å². The molecule has 0 aliphatic heterocycles. The Morgan fingerprint density at radius 3 is 2.52 bits per heavy atom. The first-order valence-corrected chi connectivity index (χ1v) is 7.31. The molecule has 0 heterocycles. The van der Waals surface area contributed by atoms with Crippen molar-refractivity contribution in [3.8, 4) is 0 Å². The first kappa shape index (κ1) is 18.0. The number of carboxylic acids is 1. The molecule has 2 N–H and O–H groups in total. The molecule has 9 heteroatoms. The molecule has 0 radical (unpaired) electrons. The maximum absolute atomic E-state index is 12.0. The lowest BCUT2D eigenvalue weighted by molar-refractivity contribution is -0.112. The molecule has 0 aliphatic rings. The predicted octanol–water partition coefficient (Wildman–Crippen LogP) is 4.08. The number of rotatable bonds is 4. The summed E-state index contributed by atoms with van der Waals surface area (Å²) in [5, 5.41) is 11.4. The average Bonchev–Trinajstić information content (AvgIpc) is 2.46. The maximum atomic E-state index is 12.0. The van der Waals surface area contributed by atoms with Crippen molar-refractivity contribution in [3.05, 3.63) is 38.8 Å². The van der Waals surface area contributed by atoms with Crippen LogP contribution in [0.3, 0.4) is 0 Å². The van der Waals surface area contributed by atoms with Crippen LogP contribution in [-0.2, 0) is 4.79 Å². The number of amides is 1. The molecule has 0 aromatic heterocycles. The van der Waals surface area contributed by atoms with Gasteiger partial charge in [0.15, 0.2) is 5.17 Å². The highest BCUT2D eigenvalue weighted by Gasteiger charge is 2.17. The van der Waals surface area contributed by atoms with Crippen LogP contribution in [0.25, 0.3) is 0 Å². The van der Waals surface area contributed by atoms with Gasteiger partial charge < -0.3 is 10.4 Å². The van der Waals surface area contributed by atoms with Gasteiger partial charge >= 0.3 is 5.97 Å². The fraction of sp³-hybridized carbons (Fsp3) is 0.0833. The third kappa shape index (κ3) is 4.74. The van der Waals surface area contributed by atoms with E-state index in [1.54, 1.807) is 6.07 Å². The molecule has 1 amide bonds. The van der Waals surface area contributed by atoms with Gasteiger partial charge in [-0.3, -0.25) is 4.79 Å². The van der Waals surface area contributed by atoms with E-state index >= 15 is 0 Å². The van der Waals surface area contributed by atoms with Crippen LogP contribution in [0.5, 0.6) is 0 Å². The van der Waals surface area contributed by atoms with Crippen LogP contribution in [-0.4, -0.2) is 22.2 Å². The molecule has 112 valence electrons. The lowest BCUT2D eigenvalue weighted by Gasteiger charge is -2.10.